The second-order valence-corrected chi connectivity index (χ2v) is 9.10. The molecule has 0 N–H and O–H groups in total. The van der Waals surface area contributed by atoms with Crippen LogP contribution in [0.3, 0.4) is 0 Å². The zero-order chi connectivity index (χ0) is 20.4. The highest BCUT2D eigenvalue weighted by Gasteiger charge is 2.33. The number of hydrogen-bond donors (Lipinski definition) is 0. The van der Waals surface area contributed by atoms with Crippen molar-refractivity contribution in [3.63, 3.8) is 0 Å². The highest BCUT2D eigenvalue weighted by Crippen LogP contribution is 2.43. The van der Waals surface area contributed by atoms with Gasteiger partial charge in [-0.2, -0.15) is 0 Å². The molecule has 0 spiro atoms. The summed E-state index contributed by atoms with van der Waals surface area (Å²) >= 11 is 0. The monoisotopic (exact) mass is 406 g/mol. The maximum atomic E-state index is 14.5. The van der Waals surface area contributed by atoms with Gasteiger partial charge in [0.1, 0.15) is 11.1 Å². The van der Waals surface area contributed by atoms with Gasteiger partial charge in [0.05, 0.1) is 14.2 Å². The van der Waals surface area contributed by atoms with Crippen molar-refractivity contribution in [2.45, 2.75) is 0 Å². The maximum absolute atomic E-state index is 14.5. The summed E-state index contributed by atoms with van der Waals surface area (Å²) in [5.74, 6) is 0.739. The summed E-state index contributed by atoms with van der Waals surface area (Å²) in [5, 5.41) is 1.41. The van der Waals surface area contributed by atoms with E-state index < -0.39 is 7.14 Å². The van der Waals surface area contributed by atoms with E-state index in [1.165, 1.54) is 20.3 Å². The first-order chi connectivity index (χ1) is 14.1. The van der Waals surface area contributed by atoms with Crippen LogP contribution in [0.2, 0.25) is 0 Å². The molecule has 5 nitrogen and oxygen atoms in total. The molecule has 1 heterocycles. The molecular formula is C23H19O5P. The number of benzene rings is 3. The highest BCUT2D eigenvalue weighted by molar-refractivity contribution is 7.85. The molecule has 0 bridgehead atoms. The topological polar surface area (TPSA) is 65.7 Å². The molecule has 0 radical (unpaired) electrons. The quantitative estimate of drug-likeness (QED) is 0.475. The molecule has 1 aromatic heterocycles. The first-order valence-corrected chi connectivity index (χ1v) is 10.7. The van der Waals surface area contributed by atoms with Crippen molar-refractivity contribution in [2.24, 2.45) is 0 Å². The van der Waals surface area contributed by atoms with E-state index in [0.29, 0.717) is 22.1 Å². The Kier molecular flexibility index (Phi) is 4.99. The van der Waals surface area contributed by atoms with E-state index in [4.69, 9.17) is 13.9 Å². The van der Waals surface area contributed by atoms with Crippen LogP contribution >= 0.6 is 7.14 Å². The van der Waals surface area contributed by atoms with Crippen molar-refractivity contribution in [3.05, 3.63) is 89.1 Å². The van der Waals surface area contributed by atoms with E-state index in [0.717, 1.165) is 0 Å². The summed E-state index contributed by atoms with van der Waals surface area (Å²) in [4.78, 5) is 13.0. The fraction of sp³-hybridized carbons (Fsp3) is 0.0870. The molecule has 0 fully saturated rings. The lowest BCUT2D eigenvalue weighted by molar-refractivity contribution is 0.402. The molecule has 6 heteroatoms. The molecule has 0 aliphatic rings. The van der Waals surface area contributed by atoms with E-state index >= 15 is 0 Å². The first kappa shape index (κ1) is 19.0. The third kappa shape index (κ3) is 3.14. The van der Waals surface area contributed by atoms with E-state index in [-0.39, 0.29) is 21.9 Å². The normalized spacial score (nSPS) is 11.4. The SMILES string of the molecule is COc1ccc(OC)c2c(=O)cc(P(=O)(c3ccccc3)c3ccccc3)oc12. The zero-order valence-electron chi connectivity index (χ0n) is 16.0. The molecule has 146 valence electrons. The van der Waals surface area contributed by atoms with Crippen molar-refractivity contribution in [2.75, 3.05) is 14.2 Å². The van der Waals surface area contributed by atoms with Gasteiger partial charge in [-0.3, -0.25) is 4.79 Å². The van der Waals surface area contributed by atoms with Gasteiger partial charge in [0, 0.05) is 16.7 Å². The molecule has 0 aliphatic carbocycles. The van der Waals surface area contributed by atoms with Crippen molar-refractivity contribution < 1.29 is 18.5 Å². The molecule has 0 unspecified atom stereocenters. The first-order valence-electron chi connectivity index (χ1n) is 9.00. The lowest BCUT2D eigenvalue weighted by atomic mass is 10.2. The number of ether oxygens (including phenoxy) is 2. The van der Waals surface area contributed by atoms with Crippen LogP contribution in [0.5, 0.6) is 11.5 Å². The van der Waals surface area contributed by atoms with E-state index in [1.807, 2.05) is 36.4 Å². The van der Waals surface area contributed by atoms with Gasteiger partial charge in [-0.15, -0.1) is 0 Å². The maximum Gasteiger partial charge on any atom is 0.204 e. The lowest BCUT2D eigenvalue weighted by Gasteiger charge is -2.19. The smallest absolute Gasteiger partial charge is 0.204 e. The predicted molar refractivity (Wildman–Crippen MR) is 115 cm³/mol. The Balaban J connectivity index is 2.10. The van der Waals surface area contributed by atoms with E-state index in [9.17, 15) is 9.36 Å². The summed E-state index contributed by atoms with van der Waals surface area (Å²) in [6.45, 7) is 0. The average Bonchev–Trinajstić information content (AvgIpc) is 2.78. The summed E-state index contributed by atoms with van der Waals surface area (Å²) in [6.07, 6.45) is 0. The molecule has 4 aromatic rings. The van der Waals surface area contributed by atoms with Crippen molar-refractivity contribution in [3.8, 4) is 11.5 Å². The summed E-state index contributed by atoms with van der Waals surface area (Å²) in [7, 11) is -0.457. The Labute approximate surface area is 167 Å². The number of fused-ring (bicyclic) bond motifs is 1. The molecule has 0 atom stereocenters. The van der Waals surface area contributed by atoms with Crippen LogP contribution in [0, 0.1) is 0 Å². The Morgan fingerprint density at radius 3 is 1.79 bits per heavy atom. The van der Waals surface area contributed by atoms with Crippen LogP contribution < -0.4 is 31.0 Å². The van der Waals surface area contributed by atoms with Gasteiger partial charge >= 0.3 is 0 Å². The van der Waals surface area contributed by atoms with Crippen molar-refractivity contribution in [1.29, 1.82) is 0 Å². The van der Waals surface area contributed by atoms with Gasteiger partial charge in [-0.25, -0.2) is 0 Å². The summed E-state index contributed by atoms with van der Waals surface area (Å²) in [5.41, 5.74) is -0.0375. The molecular weight excluding hydrogens is 387 g/mol. The lowest BCUT2D eigenvalue weighted by Crippen LogP contribution is -2.27. The van der Waals surface area contributed by atoms with Crippen LogP contribution in [0.1, 0.15) is 0 Å². The number of hydrogen-bond acceptors (Lipinski definition) is 5. The van der Waals surface area contributed by atoms with Gasteiger partial charge in [-0.1, -0.05) is 60.7 Å². The second kappa shape index (κ2) is 7.61. The van der Waals surface area contributed by atoms with Crippen LogP contribution in [0.15, 0.2) is 88.1 Å². The number of rotatable bonds is 5. The minimum Gasteiger partial charge on any atom is -0.496 e. The number of methoxy groups -OCH3 is 2. The summed E-state index contributed by atoms with van der Waals surface area (Å²) < 4.78 is 31.3. The third-order valence-corrected chi connectivity index (χ3v) is 7.67. The van der Waals surface area contributed by atoms with Crippen LogP contribution in [-0.2, 0) is 4.57 Å². The standard InChI is InChI=1S/C23H19O5P/c1-26-19-13-14-20(27-2)23-22(19)18(24)15-21(28-23)29(25,16-9-5-3-6-10-16)17-11-7-4-8-12-17/h3-15H,1-2H3. The Bertz CT molecular complexity index is 1220. The predicted octanol–water partition coefficient (Wildman–Crippen LogP) is 3.45. The molecule has 0 aliphatic heterocycles. The Hall–Kier alpha value is -3.30. The van der Waals surface area contributed by atoms with Gasteiger partial charge in [0.2, 0.25) is 7.14 Å². The molecule has 4 rings (SSSR count). The minimum absolute atomic E-state index is 0.0963. The third-order valence-electron chi connectivity index (χ3n) is 4.78. The van der Waals surface area contributed by atoms with Crippen LogP contribution in [0.25, 0.3) is 11.0 Å². The molecule has 0 amide bonds. The highest BCUT2D eigenvalue weighted by atomic mass is 31.2. The minimum atomic E-state index is -3.42. The van der Waals surface area contributed by atoms with Crippen LogP contribution in [-0.4, -0.2) is 14.2 Å². The van der Waals surface area contributed by atoms with Gasteiger partial charge in [-0.05, 0) is 12.1 Å². The van der Waals surface area contributed by atoms with Crippen molar-refractivity contribution >= 4 is 34.2 Å². The van der Waals surface area contributed by atoms with Crippen LogP contribution in [0.4, 0.5) is 0 Å². The Morgan fingerprint density at radius 1 is 0.759 bits per heavy atom. The molecule has 0 saturated heterocycles. The molecule has 29 heavy (non-hydrogen) atoms. The largest absolute Gasteiger partial charge is 0.496 e. The van der Waals surface area contributed by atoms with Gasteiger partial charge in [0.25, 0.3) is 0 Å². The zero-order valence-corrected chi connectivity index (χ0v) is 16.9. The van der Waals surface area contributed by atoms with Gasteiger partial charge < -0.3 is 18.5 Å². The average molecular weight is 406 g/mol. The van der Waals surface area contributed by atoms with Crippen molar-refractivity contribution in [1.82, 2.24) is 0 Å². The Morgan fingerprint density at radius 2 is 1.28 bits per heavy atom. The second-order valence-electron chi connectivity index (χ2n) is 6.40. The summed E-state index contributed by atoms with van der Waals surface area (Å²) in [6, 6.07) is 22.7. The van der Waals surface area contributed by atoms with E-state index in [1.54, 1.807) is 36.4 Å². The fourth-order valence-electron chi connectivity index (χ4n) is 3.36. The fourth-order valence-corrected chi connectivity index (χ4v) is 5.87. The van der Waals surface area contributed by atoms with Gasteiger partial charge in [0.15, 0.2) is 22.3 Å². The molecule has 3 aromatic carbocycles. The van der Waals surface area contributed by atoms with E-state index in [2.05, 4.69) is 0 Å². The molecule has 0 saturated carbocycles.